The predicted molar refractivity (Wildman–Crippen MR) is 339 cm³/mol. The van der Waals surface area contributed by atoms with Gasteiger partial charge in [0.15, 0.2) is 6.10 Å². The number of rotatable bonds is 59. The van der Waals surface area contributed by atoms with Crippen LogP contribution >= 0.6 is 0 Å². The van der Waals surface area contributed by atoms with Crippen LogP contribution in [0, 0.1) is 0 Å². The number of ether oxygens (including phenoxy) is 3. The number of carbonyl (C=O) groups excluding carboxylic acids is 3. The normalized spacial score (nSPS) is 12.8. The second-order valence-electron chi connectivity index (χ2n) is 21.6. The fourth-order valence-electron chi connectivity index (χ4n) is 9.12. The van der Waals surface area contributed by atoms with E-state index in [4.69, 9.17) is 14.2 Å². The van der Waals surface area contributed by atoms with Gasteiger partial charge in [-0.15, -0.1) is 0 Å². The van der Waals surface area contributed by atoms with Crippen LogP contribution in [0.2, 0.25) is 0 Å². The van der Waals surface area contributed by atoms with Crippen molar-refractivity contribution in [2.75, 3.05) is 13.2 Å². The Morgan fingerprint density at radius 3 is 0.833 bits per heavy atom. The molecule has 6 nitrogen and oxygen atoms in total. The zero-order valence-electron chi connectivity index (χ0n) is 51.2. The van der Waals surface area contributed by atoms with Crippen LogP contribution in [0.5, 0.6) is 0 Å². The SMILES string of the molecule is CC/C=C\C/C=C\C/C=C\C/C=C\C/C=C\C/C=C\CCC(=O)OC(COC(=O)CCCCCCCCCCCCCC)COC(=O)CCCCCCCCCCCCCCCC/C=C\C/C=C\C/C=C\CCCCCCC. The van der Waals surface area contributed by atoms with E-state index in [0.29, 0.717) is 19.3 Å². The molecule has 0 fully saturated rings. The number of hydrogen-bond acceptors (Lipinski definition) is 6. The lowest BCUT2D eigenvalue weighted by atomic mass is 10.0. The van der Waals surface area contributed by atoms with Crippen molar-refractivity contribution in [3.05, 3.63) is 109 Å². The van der Waals surface area contributed by atoms with Crippen molar-refractivity contribution in [3.63, 3.8) is 0 Å². The number of allylic oxidation sites excluding steroid dienone is 18. The monoisotopic (exact) mass is 1080 g/mol. The molecule has 1 atom stereocenters. The van der Waals surface area contributed by atoms with Gasteiger partial charge >= 0.3 is 17.9 Å². The first-order chi connectivity index (χ1) is 38.5. The maximum absolute atomic E-state index is 12.9. The molecule has 6 heteroatoms. The molecule has 0 N–H and O–H groups in total. The van der Waals surface area contributed by atoms with Crippen LogP contribution < -0.4 is 0 Å². The first-order valence-electron chi connectivity index (χ1n) is 32.9. The van der Waals surface area contributed by atoms with Crippen molar-refractivity contribution in [2.24, 2.45) is 0 Å². The minimum Gasteiger partial charge on any atom is -0.462 e. The average molecular weight is 1080 g/mol. The van der Waals surface area contributed by atoms with Crippen molar-refractivity contribution in [2.45, 2.75) is 316 Å². The first kappa shape index (κ1) is 74.1. The maximum Gasteiger partial charge on any atom is 0.306 e. The quantitative estimate of drug-likeness (QED) is 0.0261. The summed E-state index contributed by atoms with van der Waals surface area (Å²) in [5.74, 6) is -0.984. The van der Waals surface area contributed by atoms with Crippen molar-refractivity contribution >= 4 is 17.9 Å². The van der Waals surface area contributed by atoms with Gasteiger partial charge in [-0.05, 0) is 96.3 Å². The Balaban J connectivity index is 4.32. The molecular formula is C72H122O6. The lowest BCUT2D eigenvalue weighted by Gasteiger charge is -2.18. The van der Waals surface area contributed by atoms with Gasteiger partial charge in [0.1, 0.15) is 13.2 Å². The Morgan fingerprint density at radius 2 is 0.526 bits per heavy atom. The molecule has 78 heavy (non-hydrogen) atoms. The van der Waals surface area contributed by atoms with Gasteiger partial charge in [0.2, 0.25) is 0 Å². The Kier molecular flexibility index (Phi) is 62.3. The first-order valence-corrected chi connectivity index (χ1v) is 32.9. The van der Waals surface area contributed by atoms with E-state index in [-0.39, 0.29) is 31.6 Å². The van der Waals surface area contributed by atoms with E-state index in [1.807, 2.05) is 6.08 Å². The Labute approximate surface area is 482 Å². The van der Waals surface area contributed by atoms with Crippen LogP contribution in [0.1, 0.15) is 310 Å². The fourth-order valence-corrected chi connectivity index (χ4v) is 9.12. The Bertz CT molecular complexity index is 1570. The van der Waals surface area contributed by atoms with Crippen LogP contribution in [-0.4, -0.2) is 37.2 Å². The minimum atomic E-state index is -0.819. The van der Waals surface area contributed by atoms with Crippen LogP contribution in [0.4, 0.5) is 0 Å². The van der Waals surface area contributed by atoms with Crippen molar-refractivity contribution in [1.29, 1.82) is 0 Å². The number of hydrogen-bond donors (Lipinski definition) is 0. The van der Waals surface area contributed by atoms with Gasteiger partial charge < -0.3 is 14.2 Å². The molecule has 0 spiro atoms. The highest BCUT2D eigenvalue weighted by Crippen LogP contribution is 2.16. The average Bonchev–Trinajstić information content (AvgIpc) is 3.44. The molecule has 0 aromatic rings. The summed E-state index contributed by atoms with van der Waals surface area (Å²) in [6.07, 6.45) is 89.8. The summed E-state index contributed by atoms with van der Waals surface area (Å²) in [5, 5.41) is 0. The summed E-state index contributed by atoms with van der Waals surface area (Å²) in [5.41, 5.74) is 0. The predicted octanol–water partition coefficient (Wildman–Crippen LogP) is 22.6. The van der Waals surface area contributed by atoms with Gasteiger partial charge in [-0.2, -0.15) is 0 Å². The van der Waals surface area contributed by atoms with E-state index in [0.717, 1.165) is 89.9 Å². The van der Waals surface area contributed by atoms with Gasteiger partial charge in [-0.1, -0.05) is 304 Å². The second kappa shape index (κ2) is 65.6. The van der Waals surface area contributed by atoms with E-state index < -0.39 is 12.1 Å². The number of carbonyl (C=O) groups is 3. The lowest BCUT2D eigenvalue weighted by Crippen LogP contribution is -2.30. The van der Waals surface area contributed by atoms with Crippen molar-refractivity contribution in [1.82, 2.24) is 0 Å². The second-order valence-corrected chi connectivity index (χ2v) is 21.6. The molecule has 446 valence electrons. The topological polar surface area (TPSA) is 78.9 Å². The fraction of sp³-hybridized carbons (Fsp3) is 0.708. The van der Waals surface area contributed by atoms with Gasteiger partial charge in [-0.25, -0.2) is 0 Å². The number of unbranched alkanes of at least 4 members (excludes halogenated alkanes) is 30. The molecule has 0 aromatic heterocycles. The van der Waals surface area contributed by atoms with Crippen LogP contribution in [-0.2, 0) is 28.6 Å². The third-order valence-corrected chi connectivity index (χ3v) is 14.0. The molecule has 1 unspecified atom stereocenters. The van der Waals surface area contributed by atoms with Gasteiger partial charge in [0.25, 0.3) is 0 Å². The summed E-state index contributed by atoms with van der Waals surface area (Å²) < 4.78 is 16.8. The zero-order chi connectivity index (χ0) is 56.4. The molecule has 0 aromatic carbocycles. The molecule has 0 aliphatic carbocycles. The molecule has 0 heterocycles. The summed E-state index contributed by atoms with van der Waals surface area (Å²) in [6, 6.07) is 0. The standard InChI is InChI=1S/C72H122O6/c1-4-7-10-13-16-19-22-25-27-29-31-32-33-34-35-36-37-38-39-40-42-43-45-47-50-53-56-59-62-65-71(74)77-68-69(67-76-70(73)64-61-58-55-52-49-24-21-18-15-12-9-6-3)78-72(75)66-63-60-57-54-51-48-46-44-41-30-28-26-23-20-17-14-11-8-5-2/h8,11,17,20,22,25-26,28-29,31,33-34,41,44,48,51,57,60,69H,4-7,9-10,12-16,18-19,21,23-24,27,30,32,35-40,42-43,45-47,49-50,52-56,58-59,61-68H2,1-3H3/b11-8-,20-17-,25-22-,28-26-,31-29-,34-33-,44-41-,51-48-,60-57-. The number of esters is 3. The van der Waals surface area contributed by atoms with Crippen LogP contribution in [0.3, 0.4) is 0 Å². The zero-order valence-corrected chi connectivity index (χ0v) is 51.2. The molecule has 0 rings (SSSR count). The highest BCUT2D eigenvalue weighted by molar-refractivity contribution is 5.71. The van der Waals surface area contributed by atoms with E-state index >= 15 is 0 Å². The molecule has 0 bridgehead atoms. The molecule has 0 aliphatic heterocycles. The van der Waals surface area contributed by atoms with Crippen molar-refractivity contribution < 1.29 is 28.6 Å². The Morgan fingerprint density at radius 1 is 0.269 bits per heavy atom. The third-order valence-electron chi connectivity index (χ3n) is 14.0. The minimum absolute atomic E-state index is 0.106. The molecule has 0 aliphatic rings. The highest BCUT2D eigenvalue weighted by atomic mass is 16.6. The molecular weight excluding hydrogens is 961 g/mol. The largest absolute Gasteiger partial charge is 0.462 e. The van der Waals surface area contributed by atoms with E-state index in [9.17, 15) is 14.4 Å². The van der Waals surface area contributed by atoms with E-state index in [1.165, 1.54) is 173 Å². The maximum atomic E-state index is 12.9. The summed E-state index contributed by atoms with van der Waals surface area (Å²) >= 11 is 0. The summed E-state index contributed by atoms with van der Waals surface area (Å²) in [7, 11) is 0. The summed E-state index contributed by atoms with van der Waals surface area (Å²) in [4.78, 5) is 38.2. The summed E-state index contributed by atoms with van der Waals surface area (Å²) in [6.45, 7) is 6.47. The van der Waals surface area contributed by atoms with Gasteiger partial charge in [0, 0.05) is 19.3 Å². The smallest absolute Gasteiger partial charge is 0.306 e. The van der Waals surface area contributed by atoms with E-state index in [1.54, 1.807) is 0 Å². The molecule has 0 amide bonds. The van der Waals surface area contributed by atoms with Gasteiger partial charge in [-0.3, -0.25) is 14.4 Å². The highest BCUT2D eigenvalue weighted by Gasteiger charge is 2.19. The van der Waals surface area contributed by atoms with Crippen LogP contribution in [0.15, 0.2) is 109 Å². The lowest BCUT2D eigenvalue weighted by molar-refractivity contribution is -0.166. The molecule has 0 saturated heterocycles. The van der Waals surface area contributed by atoms with Gasteiger partial charge in [0.05, 0.1) is 0 Å². The van der Waals surface area contributed by atoms with E-state index in [2.05, 4.69) is 124 Å². The van der Waals surface area contributed by atoms with Crippen LogP contribution in [0.25, 0.3) is 0 Å². The van der Waals surface area contributed by atoms with Crippen molar-refractivity contribution in [3.8, 4) is 0 Å². The molecule has 0 saturated carbocycles. The Hall–Kier alpha value is -3.93. The molecule has 0 radical (unpaired) electrons. The third kappa shape index (κ3) is 62.9.